The van der Waals surface area contributed by atoms with Crippen molar-refractivity contribution in [2.75, 3.05) is 18.0 Å². The summed E-state index contributed by atoms with van der Waals surface area (Å²) in [5.74, 6) is -0.320. The fraction of sp³-hybridized carbons (Fsp3) is 0.250. The first-order valence-electron chi connectivity index (χ1n) is 5.46. The molecule has 100 valence electrons. The van der Waals surface area contributed by atoms with Gasteiger partial charge in [-0.15, -0.1) is 0 Å². The highest BCUT2D eigenvalue weighted by Crippen LogP contribution is 2.28. The van der Waals surface area contributed by atoms with E-state index in [1.807, 2.05) is 0 Å². The predicted molar refractivity (Wildman–Crippen MR) is 79.2 cm³/mol. The summed E-state index contributed by atoms with van der Waals surface area (Å²) in [4.78, 5) is 27.2. The third-order valence-corrected chi connectivity index (χ3v) is 3.12. The third-order valence-electron chi connectivity index (χ3n) is 2.56. The Morgan fingerprint density at radius 3 is 2.37 bits per heavy atom. The van der Waals surface area contributed by atoms with E-state index >= 15 is 0 Å². The van der Waals surface area contributed by atoms with E-state index in [2.05, 4.69) is 0 Å². The van der Waals surface area contributed by atoms with Gasteiger partial charge in [0.25, 0.3) is 5.91 Å². The van der Waals surface area contributed by atoms with Crippen LogP contribution < -0.4 is 4.90 Å². The molecule has 1 aliphatic rings. The number of carbonyl (C=O) groups excluding carboxylic acids is 2. The Morgan fingerprint density at radius 2 is 1.84 bits per heavy atom. The number of amides is 3. The lowest BCUT2D eigenvalue weighted by Gasteiger charge is -2.17. The minimum Gasteiger partial charge on any atom is -0.310 e. The standard InChI is InChI=1S/C12H10Cl2N2O2S/c1-7(19)5-15-6-11(17)16(12(15)18)10-3-8(13)2-9(14)4-10/h2-4H,5-6H2,1H3. The molecule has 1 saturated heterocycles. The summed E-state index contributed by atoms with van der Waals surface area (Å²) in [6.45, 7) is 2.02. The number of benzene rings is 1. The zero-order chi connectivity index (χ0) is 14.2. The first kappa shape index (κ1) is 14.2. The van der Waals surface area contributed by atoms with Crippen molar-refractivity contribution in [3.8, 4) is 0 Å². The molecule has 0 aliphatic carbocycles. The van der Waals surface area contributed by atoms with Gasteiger partial charge in [0.2, 0.25) is 0 Å². The zero-order valence-electron chi connectivity index (χ0n) is 10.0. The van der Waals surface area contributed by atoms with Crippen molar-refractivity contribution in [3.63, 3.8) is 0 Å². The van der Waals surface area contributed by atoms with Crippen LogP contribution in [-0.4, -0.2) is 34.8 Å². The quantitative estimate of drug-likeness (QED) is 0.635. The van der Waals surface area contributed by atoms with Gasteiger partial charge in [-0.2, -0.15) is 0 Å². The van der Waals surface area contributed by atoms with Gasteiger partial charge in [-0.1, -0.05) is 35.4 Å². The number of hydrogen-bond donors (Lipinski definition) is 0. The molecular formula is C12H10Cl2N2O2S. The zero-order valence-corrected chi connectivity index (χ0v) is 12.3. The molecule has 1 aliphatic heterocycles. The van der Waals surface area contributed by atoms with Crippen LogP contribution in [0.5, 0.6) is 0 Å². The van der Waals surface area contributed by atoms with Gasteiger partial charge in [-0.05, 0) is 25.1 Å². The van der Waals surface area contributed by atoms with Gasteiger partial charge in [-0.25, -0.2) is 9.69 Å². The molecule has 0 bridgehead atoms. The summed E-state index contributed by atoms with van der Waals surface area (Å²) >= 11 is 16.7. The van der Waals surface area contributed by atoms with E-state index in [4.69, 9.17) is 35.4 Å². The maximum atomic E-state index is 12.2. The van der Waals surface area contributed by atoms with Crippen LogP contribution in [0.15, 0.2) is 18.2 Å². The summed E-state index contributed by atoms with van der Waals surface area (Å²) in [7, 11) is 0. The Balaban J connectivity index is 2.32. The van der Waals surface area contributed by atoms with Gasteiger partial charge < -0.3 is 4.90 Å². The predicted octanol–water partition coefficient (Wildman–Crippen LogP) is 3.15. The van der Waals surface area contributed by atoms with Crippen molar-refractivity contribution in [2.45, 2.75) is 6.92 Å². The van der Waals surface area contributed by atoms with Crippen molar-refractivity contribution in [1.82, 2.24) is 4.90 Å². The molecule has 1 aromatic rings. The van der Waals surface area contributed by atoms with Crippen LogP contribution in [0.2, 0.25) is 10.0 Å². The molecule has 2 rings (SSSR count). The number of anilines is 1. The van der Waals surface area contributed by atoms with Crippen molar-refractivity contribution < 1.29 is 9.59 Å². The Hall–Kier alpha value is -1.17. The average molecular weight is 317 g/mol. The summed E-state index contributed by atoms with van der Waals surface area (Å²) in [5.41, 5.74) is 0.372. The minimum atomic E-state index is -0.410. The molecule has 3 amide bonds. The highest BCUT2D eigenvalue weighted by Gasteiger charge is 2.37. The topological polar surface area (TPSA) is 40.6 Å². The molecule has 4 nitrogen and oxygen atoms in total. The van der Waals surface area contributed by atoms with Crippen molar-refractivity contribution in [2.24, 2.45) is 0 Å². The smallest absolute Gasteiger partial charge is 0.310 e. The number of carbonyl (C=O) groups is 2. The summed E-state index contributed by atoms with van der Waals surface area (Å²) < 4.78 is 0. The van der Waals surface area contributed by atoms with Crippen LogP contribution in [0.1, 0.15) is 6.92 Å². The first-order valence-corrected chi connectivity index (χ1v) is 6.62. The highest BCUT2D eigenvalue weighted by atomic mass is 35.5. The summed E-state index contributed by atoms with van der Waals surface area (Å²) in [5, 5.41) is 0.736. The number of urea groups is 1. The largest absolute Gasteiger partial charge is 0.332 e. The fourth-order valence-corrected chi connectivity index (χ4v) is 2.54. The van der Waals surface area contributed by atoms with Crippen LogP contribution in [0.25, 0.3) is 0 Å². The van der Waals surface area contributed by atoms with Gasteiger partial charge in [0, 0.05) is 14.9 Å². The lowest BCUT2D eigenvalue weighted by atomic mass is 10.3. The van der Waals surface area contributed by atoms with Crippen LogP contribution in [0.3, 0.4) is 0 Å². The number of imide groups is 1. The lowest BCUT2D eigenvalue weighted by Crippen LogP contribution is -2.34. The second-order valence-corrected chi connectivity index (χ2v) is 5.77. The van der Waals surface area contributed by atoms with Gasteiger partial charge in [0.15, 0.2) is 0 Å². The van der Waals surface area contributed by atoms with Crippen LogP contribution in [-0.2, 0) is 4.79 Å². The van der Waals surface area contributed by atoms with E-state index in [1.54, 1.807) is 6.92 Å². The van der Waals surface area contributed by atoms with E-state index in [0.29, 0.717) is 20.6 Å². The molecule has 0 atom stereocenters. The summed E-state index contributed by atoms with van der Waals surface area (Å²) in [6, 6.07) is 4.18. The molecule has 0 spiro atoms. The number of halogens is 2. The van der Waals surface area contributed by atoms with Gasteiger partial charge in [0.1, 0.15) is 6.54 Å². The number of rotatable bonds is 3. The maximum absolute atomic E-state index is 12.2. The normalized spacial score (nSPS) is 15.3. The molecule has 0 aromatic heterocycles. The Bertz CT molecular complexity index is 557. The molecule has 7 heteroatoms. The average Bonchev–Trinajstić information content (AvgIpc) is 2.51. The van der Waals surface area contributed by atoms with E-state index in [0.717, 1.165) is 4.90 Å². The minimum absolute atomic E-state index is 0.0109. The SMILES string of the molecule is CC(=S)CN1CC(=O)N(c2cc(Cl)cc(Cl)c2)C1=O. The molecule has 1 heterocycles. The van der Waals surface area contributed by atoms with Crippen molar-refractivity contribution >= 4 is 57.9 Å². The molecule has 1 aromatic carbocycles. The second-order valence-electron chi connectivity index (χ2n) is 4.20. The lowest BCUT2D eigenvalue weighted by molar-refractivity contribution is -0.116. The summed E-state index contributed by atoms with van der Waals surface area (Å²) in [6.07, 6.45) is 0. The maximum Gasteiger partial charge on any atom is 0.332 e. The Kier molecular flexibility index (Phi) is 4.08. The highest BCUT2D eigenvalue weighted by molar-refractivity contribution is 7.80. The van der Waals surface area contributed by atoms with Crippen LogP contribution in [0, 0.1) is 0 Å². The Morgan fingerprint density at radius 1 is 1.26 bits per heavy atom. The first-order chi connectivity index (χ1) is 8.88. The molecular weight excluding hydrogens is 307 g/mol. The van der Waals surface area contributed by atoms with Crippen LogP contribution >= 0.6 is 35.4 Å². The Labute approximate surface area is 125 Å². The number of thiocarbonyl (C=S) groups is 1. The molecule has 0 radical (unpaired) electrons. The van der Waals surface area contributed by atoms with Gasteiger partial charge >= 0.3 is 6.03 Å². The van der Waals surface area contributed by atoms with Crippen molar-refractivity contribution in [3.05, 3.63) is 28.2 Å². The molecule has 1 fully saturated rings. The number of hydrogen-bond acceptors (Lipinski definition) is 3. The van der Waals surface area contributed by atoms with Gasteiger partial charge in [0.05, 0.1) is 12.2 Å². The van der Waals surface area contributed by atoms with E-state index < -0.39 is 6.03 Å². The van der Waals surface area contributed by atoms with E-state index in [-0.39, 0.29) is 19.0 Å². The van der Waals surface area contributed by atoms with Crippen LogP contribution in [0.4, 0.5) is 10.5 Å². The third kappa shape index (κ3) is 3.05. The molecule has 0 N–H and O–H groups in total. The monoisotopic (exact) mass is 316 g/mol. The second kappa shape index (κ2) is 5.45. The van der Waals surface area contributed by atoms with Gasteiger partial charge in [-0.3, -0.25) is 4.79 Å². The van der Waals surface area contributed by atoms with Crippen molar-refractivity contribution in [1.29, 1.82) is 0 Å². The molecule has 19 heavy (non-hydrogen) atoms. The molecule has 0 unspecified atom stereocenters. The number of nitrogens with zero attached hydrogens (tertiary/aromatic N) is 2. The fourth-order valence-electron chi connectivity index (χ4n) is 1.86. The van der Waals surface area contributed by atoms with E-state index in [1.165, 1.54) is 23.1 Å². The van der Waals surface area contributed by atoms with E-state index in [9.17, 15) is 9.59 Å². The molecule has 0 saturated carbocycles.